The summed E-state index contributed by atoms with van der Waals surface area (Å²) in [6.45, 7) is 3.82. The number of β-amino-alcohol motifs (C(OH)–C–C–N with tert-alkyl or cyclic N) is 1. The van der Waals surface area contributed by atoms with Gasteiger partial charge >= 0.3 is 0 Å². The highest BCUT2D eigenvalue weighted by Gasteiger charge is 2.31. The van der Waals surface area contributed by atoms with Crippen molar-refractivity contribution in [2.45, 2.75) is 26.0 Å². The van der Waals surface area contributed by atoms with Gasteiger partial charge in [-0.2, -0.15) is 0 Å². The molecule has 1 aliphatic rings. The zero-order valence-corrected chi connectivity index (χ0v) is 14.2. The van der Waals surface area contributed by atoms with Crippen molar-refractivity contribution in [3.05, 3.63) is 65.2 Å². The number of pyridine rings is 1. The third-order valence-electron chi connectivity index (χ3n) is 4.36. The van der Waals surface area contributed by atoms with Crippen molar-refractivity contribution >= 4 is 6.47 Å². The minimum atomic E-state index is -0.310. The van der Waals surface area contributed by atoms with Crippen LogP contribution in [0.3, 0.4) is 0 Å². The maximum Gasteiger partial charge on any atom is 0.290 e. The van der Waals surface area contributed by atoms with E-state index in [4.69, 9.17) is 9.90 Å². The molecule has 3 rings (SSSR count). The Balaban J connectivity index is 0.000000701. The van der Waals surface area contributed by atoms with Gasteiger partial charge in [0, 0.05) is 37.9 Å². The van der Waals surface area contributed by atoms with Gasteiger partial charge in [0.2, 0.25) is 0 Å². The summed E-state index contributed by atoms with van der Waals surface area (Å²) in [5, 5.41) is 17.2. The number of likely N-dealkylation sites (tertiary alicyclic amines) is 1. The molecule has 0 unspecified atom stereocenters. The number of hydrogen-bond acceptors (Lipinski definition) is 4. The van der Waals surface area contributed by atoms with Crippen molar-refractivity contribution in [1.82, 2.24) is 9.88 Å². The van der Waals surface area contributed by atoms with E-state index < -0.39 is 0 Å². The molecule has 6 heteroatoms. The van der Waals surface area contributed by atoms with Crippen LogP contribution in [-0.4, -0.2) is 45.8 Å². The van der Waals surface area contributed by atoms with Gasteiger partial charge in [-0.1, -0.05) is 12.1 Å². The van der Waals surface area contributed by atoms with Gasteiger partial charge in [0.1, 0.15) is 5.82 Å². The molecule has 0 bridgehead atoms. The smallest absolute Gasteiger partial charge is 0.290 e. The Hall–Kier alpha value is -2.31. The van der Waals surface area contributed by atoms with Crippen molar-refractivity contribution in [2.75, 3.05) is 13.1 Å². The van der Waals surface area contributed by atoms with Gasteiger partial charge in [-0.05, 0) is 48.2 Å². The molecule has 2 aromatic rings. The van der Waals surface area contributed by atoms with E-state index >= 15 is 0 Å². The molecule has 5 nitrogen and oxygen atoms in total. The lowest BCUT2D eigenvalue weighted by atomic mass is 9.97. The van der Waals surface area contributed by atoms with Crippen LogP contribution in [0.4, 0.5) is 4.39 Å². The highest BCUT2D eigenvalue weighted by atomic mass is 19.1. The molecule has 1 fully saturated rings. The topological polar surface area (TPSA) is 73.7 Å². The first kappa shape index (κ1) is 19.0. The second-order valence-corrected chi connectivity index (χ2v) is 6.27. The van der Waals surface area contributed by atoms with Crippen LogP contribution in [-0.2, 0) is 17.8 Å². The molecule has 1 aromatic carbocycles. The number of hydrogen-bond donors (Lipinski definition) is 2. The number of aliphatic hydroxyl groups excluding tert-OH is 1. The number of aryl methyl sites for hydroxylation is 1. The molecule has 1 aliphatic heterocycles. The van der Waals surface area contributed by atoms with Crippen molar-refractivity contribution in [1.29, 1.82) is 0 Å². The molecule has 0 saturated carbocycles. The average Bonchev–Trinajstić information content (AvgIpc) is 2.92. The third-order valence-corrected chi connectivity index (χ3v) is 4.36. The monoisotopic (exact) mass is 346 g/mol. The first-order valence-electron chi connectivity index (χ1n) is 8.15. The van der Waals surface area contributed by atoms with E-state index in [0.29, 0.717) is 12.1 Å². The molecular weight excluding hydrogens is 323 g/mol. The Morgan fingerprint density at radius 1 is 1.24 bits per heavy atom. The number of carbonyl (C=O) groups is 1. The molecule has 2 heterocycles. The Labute approximate surface area is 146 Å². The van der Waals surface area contributed by atoms with E-state index in [1.807, 2.05) is 24.3 Å². The molecular formula is C19H23FN2O3. The van der Waals surface area contributed by atoms with E-state index in [1.165, 1.54) is 11.6 Å². The van der Waals surface area contributed by atoms with Crippen LogP contribution < -0.4 is 0 Å². The zero-order chi connectivity index (χ0) is 18.2. The number of rotatable bonds is 4. The summed E-state index contributed by atoms with van der Waals surface area (Å²) in [6, 6.07) is 9.23. The summed E-state index contributed by atoms with van der Waals surface area (Å²) in [6.07, 6.45) is 4.13. The number of halogens is 1. The number of aromatic nitrogens is 1. The average molecular weight is 346 g/mol. The van der Waals surface area contributed by atoms with Crippen molar-refractivity contribution < 1.29 is 19.4 Å². The normalized spacial score (nSPS) is 20.0. The highest BCUT2D eigenvalue weighted by molar-refractivity contribution is 5.32. The van der Waals surface area contributed by atoms with Gasteiger partial charge < -0.3 is 10.2 Å². The quantitative estimate of drug-likeness (QED) is 0.831. The minimum Gasteiger partial charge on any atom is -0.483 e. The largest absolute Gasteiger partial charge is 0.483 e. The van der Waals surface area contributed by atoms with Crippen LogP contribution in [0.2, 0.25) is 0 Å². The fourth-order valence-electron chi connectivity index (χ4n) is 3.16. The fourth-order valence-corrected chi connectivity index (χ4v) is 3.16. The number of nitrogens with zero attached hydrogens (tertiary/aromatic N) is 2. The molecule has 1 saturated heterocycles. The standard InChI is InChI=1S/C18H21FN2O.CH2O2/c1-13-8-15(2-3-17(13)19)10-21-11-16(18(22)12-21)9-14-4-6-20-7-5-14;2-1-3/h2-8,16,18,22H,9-12H2,1H3;1H,(H,2,3)/t16-,18-;/m1./s1. The van der Waals surface area contributed by atoms with Crippen LogP contribution in [0.5, 0.6) is 0 Å². The molecule has 0 radical (unpaired) electrons. The van der Waals surface area contributed by atoms with E-state index in [2.05, 4.69) is 9.88 Å². The first-order chi connectivity index (χ1) is 12.0. The van der Waals surface area contributed by atoms with Gasteiger partial charge in [-0.3, -0.25) is 14.7 Å². The van der Waals surface area contributed by atoms with E-state index in [9.17, 15) is 9.50 Å². The third kappa shape index (κ3) is 5.62. The molecule has 0 aliphatic carbocycles. The fraction of sp³-hybridized carbons (Fsp3) is 0.368. The number of carboxylic acid groups (broad SMARTS) is 1. The Bertz CT molecular complexity index is 682. The van der Waals surface area contributed by atoms with Crippen molar-refractivity contribution in [3.63, 3.8) is 0 Å². The van der Waals surface area contributed by atoms with Crippen LogP contribution in [0.15, 0.2) is 42.7 Å². The molecule has 2 N–H and O–H groups in total. The summed E-state index contributed by atoms with van der Waals surface area (Å²) in [7, 11) is 0. The number of benzene rings is 1. The maximum atomic E-state index is 13.3. The van der Waals surface area contributed by atoms with Crippen LogP contribution >= 0.6 is 0 Å². The summed E-state index contributed by atoms with van der Waals surface area (Å²) in [5.74, 6) is 0.0738. The minimum absolute atomic E-state index is 0.166. The molecule has 134 valence electrons. The van der Waals surface area contributed by atoms with E-state index in [1.54, 1.807) is 19.3 Å². The van der Waals surface area contributed by atoms with Gasteiger partial charge in [0.25, 0.3) is 6.47 Å². The Morgan fingerprint density at radius 3 is 2.56 bits per heavy atom. The lowest BCUT2D eigenvalue weighted by molar-refractivity contribution is -0.122. The summed E-state index contributed by atoms with van der Waals surface area (Å²) < 4.78 is 13.3. The second kappa shape index (κ2) is 9.25. The summed E-state index contributed by atoms with van der Waals surface area (Å²) in [5.41, 5.74) is 2.97. The van der Waals surface area contributed by atoms with E-state index in [-0.39, 0.29) is 24.3 Å². The molecule has 0 amide bonds. The van der Waals surface area contributed by atoms with Crippen molar-refractivity contribution in [3.8, 4) is 0 Å². The van der Waals surface area contributed by atoms with Gasteiger partial charge in [-0.15, -0.1) is 0 Å². The van der Waals surface area contributed by atoms with Gasteiger partial charge in [0.15, 0.2) is 0 Å². The van der Waals surface area contributed by atoms with Crippen LogP contribution in [0.1, 0.15) is 16.7 Å². The zero-order valence-electron chi connectivity index (χ0n) is 14.2. The number of aliphatic hydroxyl groups is 1. The molecule has 2 atom stereocenters. The van der Waals surface area contributed by atoms with E-state index in [0.717, 1.165) is 25.1 Å². The Morgan fingerprint density at radius 2 is 1.92 bits per heavy atom. The summed E-state index contributed by atoms with van der Waals surface area (Å²) >= 11 is 0. The van der Waals surface area contributed by atoms with Crippen LogP contribution in [0, 0.1) is 18.7 Å². The molecule has 1 aromatic heterocycles. The highest BCUT2D eigenvalue weighted by Crippen LogP contribution is 2.23. The predicted octanol–water partition coefficient (Wildman–Crippen LogP) is 2.27. The maximum absolute atomic E-state index is 13.3. The lowest BCUT2D eigenvalue weighted by Crippen LogP contribution is -2.21. The Kier molecular flexibility index (Phi) is 7.03. The van der Waals surface area contributed by atoms with Gasteiger partial charge in [-0.25, -0.2) is 4.39 Å². The SMILES string of the molecule is Cc1cc(CN2C[C@@H](Cc3ccncc3)[C@H](O)C2)ccc1F.O=CO. The lowest BCUT2D eigenvalue weighted by Gasteiger charge is -2.16. The summed E-state index contributed by atoms with van der Waals surface area (Å²) in [4.78, 5) is 14.6. The molecule has 25 heavy (non-hydrogen) atoms. The van der Waals surface area contributed by atoms with Crippen molar-refractivity contribution in [2.24, 2.45) is 5.92 Å². The predicted molar refractivity (Wildman–Crippen MR) is 92.5 cm³/mol. The van der Waals surface area contributed by atoms with Gasteiger partial charge in [0.05, 0.1) is 6.10 Å². The second-order valence-electron chi connectivity index (χ2n) is 6.27. The van der Waals surface area contributed by atoms with Crippen LogP contribution in [0.25, 0.3) is 0 Å². The molecule has 0 spiro atoms. The first-order valence-corrected chi connectivity index (χ1v) is 8.15.